The second-order valence-corrected chi connectivity index (χ2v) is 9.40. The molecule has 0 fully saturated rings. The first-order valence-electron chi connectivity index (χ1n) is 11.5. The van der Waals surface area contributed by atoms with Crippen molar-refractivity contribution in [2.45, 2.75) is 46.3 Å². The lowest BCUT2D eigenvalue weighted by atomic mass is 10.1. The van der Waals surface area contributed by atoms with Gasteiger partial charge in [-0.05, 0) is 76.2 Å². The number of halogens is 1. The van der Waals surface area contributed by atoms with Crippen molar-refractivity contribution in [3.8, 4) is 11.3 Å². The zero-order chi connectivity index (χ0) is 24.2. The molecule has 0 unspecified atom stereocenters. The van der Waals surface area contributed by atoms with Crippen molar-refractivity contribution in [3.63, 3.8) is 0 Å². The molecular formula is C28H29ClN4O. The molecule has 0 aliphatic heterocycles. The molecule has 2 aromatic carbocycles. The summed E-state index contributed by atoms with van der Waals surface area (Å²) in [6.45, 7) is 9.63. The van der Waals surface area contributed by atoms with Crippen LogP contribution in [0.25, 0.3) is 22.2 Å². The molecule has 0 bridgehead atoms. The normalized spacial score (nSPS) is 11.5. The Bertz CT molecular complexity index is 1280. The highest BCUT2D eigenvalue weighted by molar-refractivity contribution is 6.30. The number of anilines is 1. The van der Waals surface area contributed by atoms with Crippen molar-refractivity contribution < 1.29 is 4.79 Å². The number of carbonyl (C=O) groups excluding carboxylic acids is 1. The Kier molecular flexibility index (Phi) is 7.25. The molecule has 0 saturated heterocycles. The maximum absolute atomic E-state index is 12.8. The maximum atomic E-state index is 12.8. The third kappa shape index (κ3) is 5.61. The summed E-state index contributed by atoms with van der Waals surface area (Å²) in [6.07, 6.45) is 1.59. The number of fused-ring (bicyclic) bond motifs is 1. The Morgan fingerprint density at radius 3 is 2.32 bits per heavy atom. The van der Waals surface area contributed by atoms with Crippen molar-refractivity contribution >= 4 is 34.1 Å². The van der Waals surface area contributed by atoms with Crippen molar-refractivity contribution in [1.29, 1.82) is 0 Å². The van der Waals surface area contributed by atoms with Gasteiger partial charge in [0.1, 0.15) is 0 Å². The van der Waals surface area contributed by atoms with Gasteiger partial charge in [-0.15, -0.1) is 0 Å². The highest BCUT2D eigenvalue weighted by Gasteiger charge is 2.15. The third-order valence-electron chi connectivity index (χ3n) is 5.84. The highest BCUT2D eigenvalue weighted by atomic mass is 35.5. The molecule has 5 nitrogen and oxygen atoms in total. The van der Waals surface area contributed by atoms with Crippen LogP contribution in [0.4, 0.5) is 5.69 Å². The number of hydrogen-bond acceptors (Lipinski definition) is 4. The quantitative estimate of drug-likeness (QED) is 0.320. The van der Waals surface area contributed by atoms with E-state index in [1.165, 1.54) is 0 Å². The fourth-order valence-corrected chi connectivity index (χ4v) is 4.13. The summed E-state index contributed by atoms with van der Waals surface area (Å²) < 4.78 is 0. The summed E-state index contributed by atoms with van der Waals surface area (Å²) in [5.41, 5.74) is 4.90. The van der Waals surface area contributed by atoms with E-state index in [2.05, 4.69) is 55.0 Å². The molecular weight excluding hydrogens is 444 g/mol. The molecule has 6 heteroatoms. The molecule has 34 heavy (non-hydrogen) atoms. The first-order chi connectivity index (χ1) is 16.3. The van der Waals surface area contributed by atoms with Gasteiger partial charge in [0, 0.05) is 46.5 Å². The van der Waals surface area contributed by atoms with E-state index in [1.54, 1.807) is 12.3 Å². The standard InChI is InChI=1S/C28H29ClN4O/c1-18(2)33(19(3)4)17-25-11-7-21-15-24(12-14-27(21)31-25)32-28(34)22-8-13-26(30-16-22)20-5-9-23(29)10-6-20/h5-16,18-19H,17H2,1-4H3,(H,32,34). The molecule has 0 spiro atoms. The fraction of sp³-hybridized carbons (Fsp3) is 0.250. The van der Waals surface area contributed by atoms with Crippen LogP contribution in [0.5, 0.6) is 0 Å². The first-order valence-corrected chi connectivity index (χ1v) is 11.9. The van der Waals surface area contributed by atoms with E-state index in [0.29, 0.717) is 22.7 Å². The van der Waals surface area contributed by atoms with Gasteiger partial charge in [0.25, 0.3) is 5.91 Å². The predicted octanol–water partition coefficient (Wildman–Crippen LogP) is 6.82. The van der Waals surface area contributed by atoms with Crippen LogP contribution in [0.1, 0.15) is 43.7 Å². The van der Waals surface area contributed by atoms with Crippen LogP contribution in [0.15, 0.2) is 72.9 Å². The van der Waals surface area contributed by atoms with Crippen LogP contribution >= 0.6 is 11.6 Å². The predicted molar refractivity (Wildman–Crippen MR) is 140 cm³/mol. The zero-order valence-electron chi connectivity index (χ0n) is 19.9. The monoisotopic (exact) mass is 472 g/mol. The van der Waals surface area contributed by atoms with E-state index in [1.807, 2.05) is 48.5 Å². The van der Waals surface area contributed by atoms with Crippen molar-refractivity contribution in [1.82, 2.24) is 14.9 Å². The fourth-order valence-electron chi connectivity index (χ4n) is 4.00. The lowest BCUT2D eigenvalue weighted by Crippen LogP contribution is -2.36. The second-order valence-electron chi connectivity index (χ2n) is 8.96. The number of rotatable bonds is 7. The van der Waals surface area contributed by atoms with E-state index in [-0.39, 0.29) is 5.91 Å². The lowest BCUT2D eigenvalue weighted by molar-refractivity contribution is 0.102. The largest absolute Gasteiger partial charge is 0.322 e. The number of nitrogens with zero attached hydrogens (tertiary/aromatic N) is 3. The molecule has 2 heterocycles. The summed E-state index contributed by atoms with van der Waals surface area (Å²) in [4.78, 5) is 24.4. The number of hydrogen-bond donors (Lipinski definition) is 1. The molecule has 0 aliphatic rings. The zero-order valence-corrected chi connectivity index (χ0v) is 20.7. The molecule has 0 radical (unpaired) electrons. The Morgan fingerprint density at radius 1 is 0.941 bits per heavy atom. The summed E-state index contributed by atoms with van der Waals surface area (Å²) in [7, 11) is 0. The van der Waals surface area contributed by atoms with E-state index < -0.39 is 0 Å². The van der Waals surface area contributed by atoms with Crippen LogP contribution in [-0.4, -0.2) is 32.9 Å². The summed E-state index contributed by atoms with van der Waals surface area (Å²) in [6, 6.07) is 21.9. The van der Waals surface area contributed by atoms with Crippen LogP contribution in [-0.2, 0) is 6.54 Å². The van der Waals surface area contributed by atoms with Gasteiger partial charge < -0.3 is 5.32 Å². The van der Waals surface area contributed by atoms with E-state index in [0.717, 1.165) is 40.1 Å². The van der Waals surface area contributed by atoms with Crippen LogP contribution < -0.4 is 5.32 Å². The molecule has 1 amide bonds. The van der Waals surface area contributed by atoms with Crippen LogP contribution in [0.2, 0.25) is 5.02 Å². The minimum Gasteiger partial charge on any atom is -0.322 e. The molecule has 4 aromatic rings. The van der Waals surface area contributed by atoms with Crippen molar-refractivity contribution in [3.05, 3.63) is 89.2 Å². The Morgan fingerprint density at radius 2 is 1.68 bits per heavy atom. The topological polar surface area (TPSA) is 58.1 Å². The number of amides is 1. The molecule has 1 N–H and O–H groups in total. The van der Waals surface area contributed by atoms with Gasteiger partial charge in [0.05, 0.1) is 22.5 Å². The number of aromatic nitrogens is 2. The van der Waals surface area contributed by atoms with Crippen molar-refractivity contribution in [2.24, 2.45) is 0 Å². The van der Waals surface area contributed by atoms with Gasteiger partial charge in [-0.25, -0.2) is 0 Å². The smallest absolute Gasteiger partial charge is 0.257 e. The van der Waals surface area contributed by atoms with Gasteiger partial charge in [-0.3, -0.25) is 19.7 Å². The van der Waals surface area contributed by atoms with Crippen molar-refractivity contribution in [2.75, 3.05) is 5.32 Å². The minimum absolute atomic E-state index is 0.205. The summed E-state index contributed by atoms with van der Waals surface area (Å²) in [5.74, 6) is -0.205. The van der Waals surface area contributed by atoms with Gasteiger partial charge >= 0.3 is 0 Å². The maximum Gasteiger partial charge on any atom is 0.257 e. The third-order valence-corrected chi connectivity index (χ3v) is 6.09. The summed E-state index contributed by atoms with van der Waals surface area (Å²) >= 11 is 5.95. The SMILES string of the molecule is CC(C)N(Cc1ccc2cc(NC(=O)c3ccc(-c4ccc(Cl)cc4)nc3)ccc2n1)C(C)C. The van der Waals surface area contributed by atoms with E-state index in [9.17, 15) is 4.79 Å². The lowest BCUT2D eigenvalue weighted by Gasteiger charge is -2.30. The summed E-state index contributed by atoms with van der Waals surface area (Å²) in [5, 5.41) is 4.62. The van der Waals surface area contributed by atoms with Gasteiger partial charge in [-0.1, -0.05) is 29.8 Å². The van der Waals surface area contributed by atoms with Crippen LogP contribution in [0, 0.1) is 0 Å². The Balaban J connectivity index is 1.46. The molecule has 0 saturated carbocycles. The molecule has 4 rings (SSSR count). The number of pyridine rings is 2. The number of nitrogens with one attached hydrogen (secondary N) is 1. The molecule has 0 atom stereocenters. The molecule has 174 valence electrons. The average molecular weight is 473 g/mol. The van der Waals surface area contributed by atoms with Crippen LogP contribution in [0.3, 0.4) is 0 Å². The Labute approximate surface area is 205 Å². The molecule has 2 aromatic heterocycles. The van der Waals surface area contributed by atoms with E-state index in [4.69, 9.17) is 16.6 Å². The van der Waals surface area contributed by atoms with Gasteiger partial charge in [0.2, 0.25) is 0 Å². The average Bonchev–Trinajstić information content (AvgIpc) is 2.82. The second kappa shape index (κ2) is 10.3. The molecule has 0 aliphatic carbocycles. The van der Waals surface area contributed by atoms with Gasteiger partial charge in [0.15, 0.2) is 0 Å². The highest BCUT2D eigenvalue weighted by Crippen LogP contribution is 2.22. The van der Waals surface area contributed by atoms with Gasteiger partial charge in [-0.2, -0.15) is 0 Å². The number of carbonyl (C=O) groups is 1. The minimum atomic E-state index is -0.205. The number of benzene rings is 2. The first kappa shape index (κ1) is 23.9. The van der Waals surface area contributed by atoms with E-state index >= 15 is 0 Å². The Hall–Kier alpha value is -3.28.